The molecule has 1 saturated heterocycles. The lowest BCUT2D eigenvalue weighted by molar-refractivity contribution is 0.0931. The lowest BCUT2D eigenvalue weighted by Gasteiger charge is -2.29. The van der Waals surface area contributed by atoms with Gasteiger partial charge in [0.1, 0.15) is 0 Å². The molecule has 3 rings (SSSR count). The van der Waals surface area contributed by atoms with E-state index >= 15 is 0 Å². The van der Waals surface area contributed by atoms with Crippen molar-refractivity contribution in [3.63, 3.8) is 0 Å². The van der Waals surface area contributed by atoms with Gasteiger partial charge in [0.05, 0.1) is 26.4 Å². The van der Waals surface area contributed by atoms with E-state index < -0.39 is 0 Å². The molecule has 30 heavy (non-hydrogen) atoms. The van der Waals surface area contributed by atoms with Crippen LogP contribution in [0.15, 0.2) is 59.6 Å². The summed E-state index contributed by atoms with van der Waals surface area (Å²) in [6.45, 7) is 8.62. The molecule has 2 N–H and O–H groups in total. The summed E-state index contributed by atoms with van der Waals surface area (Å²) in [5, 5.41) is 6.77. The van der Waals surface area contributed by atoms with E-state index in [1.54, 1.807) is 7.05 Å². The minimum atomic E-state index is 0.389. The third-order valence-electron chi connectivity index (χ3n) is 5.13. The molecule has 0 saturated carbocycles. The van der Waals surface area contributed by atoms with Crippen molar-refractivity contribution in [2.24, 2.45) is 10.9 Å². The van der Waals surface area contributed by atoms with E-state index in [4.69, 9.17) is 9.47 Å². The maximum absolute atomic E-state index is 5.83. The summed E-state index contributed by atoms with van der Waals surface area (Å²) in [7, 11) is 1.80. The fourth-order valence-electron chi connectivity index (χ4n) is 3.33. The fraction of sp³-hybridized carbons (Fsp3) is 0.458. The van der Waals surface area contributed by atoms with Gasteiger partial charge in [-0.2, -0.15) is 0 Å². The van der Waals surface area contributed by atoms with E-state index in [2.05, 4.69) is 63.8 Å². The van der Waals surface area contributed by atoms with Gasteiger partial charge in [-0.05, 0) is 29.2 Å². The Bertz CT molecular complexity index is 759. The van der Waals surface area contributed by atoms with Gasteiger partial charge in [-0.1, -0.05) is 49.4 Å². The standard InChI is InChI=1S/C24H34N4O2/c1-20(18-30-19-22-6-4-3-5-7-22)16-26-24(25-2)27-17-21-8-10-23(11-9-21)28-12-14-29-15-13-28/h3-11,20H,12-19H2,1-2H3,(H2,25,26,27). The second kappa shape index (κ2) is 12.2. The zero-order chi connectivity index (χ0) is 21.0. The van der Waals surface area contributed by atoms with Gasteiger partial charge in [-0.25, -0.2) is 0 Å². The Morgan fingerprint density at radius 1 is 1.03 bits per heavy atom. The molecule has 2 aromatic carbocycles. The highest BCUT2D eigenvalue weighted by molar-refractivity contribution is 5.79. The molecule has 2 aromatic rings. The minimum Gasteiger partial charge on any atom is -0.378 e. The highest BCUT2D eigenvalue weighted by Gasteiger charge is 2.11. The quantitative estimate of drug-likeness (QED) is 0.492. The predicted molar refractivity (Wildman–Crippen MR) is 123 cm³/mol. The summed E-state index contributed by atoms with van der Waals surface area (Å²) in [4.78, 5) is 6.69. The largest absolute Gasteiger partial charge is 0.378 e. The topological polar surface area (TPSA) is 58.1 Å². The molecule has 0 amide bonds. The number of nitrogens with zero attached hydrogens (tertiary/aromatic N) is 2. The average Bonchev–Trinajstić information content (AvgIpc) is 2.81. The second-order valence-electron chi connectivity index (χ2n) is 7.68. The number of anilines is 1. The third kappa shape index (κ3) is 7.35. The average molecular weight is 411 g/mol. The Morgan fingerprint density at radius 2 is 1.77 bits per heavy atom. The van der Waals surface area contributed by atoms with Gasteiger partial charge in [0.15, 0.2) is 5.96 Å². The van der Waals surface area contributed by atoms with Crippen LogP contribution in [0.2, 0.25) is 0 Å². The van der Waals surface area contributed by atoms with Crippen LogP contribution >= 0.6 is 0 Å². The summed E-state index contributed by atoms with van der Waals surface area (Å²) in [6.07, 6.45) is 0. The van der Waals surface area contributed by atoms with Gasteiger partial charge in [-0.15, -0.1) is 0 Å². The predicted octanol–water partition coefficient (Wildman–Crippen LogP) is 3.04. The van der Waals surface area contributed by atoms with Crippen LogP contribution in [0.5, 0.6) is 0 Å². The van der Waals surface area contributed by atoms with Gasteiger partial charge in [-0.3, -0.25) is 4.99 Å². The lowest BCUT2D eigenvalue weighted by Crippen LogP contribution is -2.39. The number of rotatable bonds is 9. The van der Waals surface area contributed by atoms with Crippen LogP contribution < -0.4 is 15.5 Å². The molecule has 1 unspecified atom stereocenters. The number of aliphatic imine (C=N–C) groups is 1. The molecule has 0 spiro atoms. The Kier molecular flexibility index (Phi) is 9.00. The molecule has 1 atom stereocenters. The van der Waals surface area contributed by atoms with Crippen molar-refractivity contribution in [2.45, 2.75) is 20.1 Å². The number of morpholine rings is 1. The van der Waals surface area contributed by atoms with Crippen LogP contribution in [0.25, 0.3) is 0 Å². The maximum atomic E-state index is 5.83. The normalized spacial score (nSPS) is 15.7. The third-order valence-corrected chi connectivity index (χ3v) is 5.13. The van der Waals surface area contributed by atoms with Gasteiger partial charge in [0.25, 0.3) is 0 Å². The molecule has 0 radical (unpaired) electrons. The van der Waals surface area contributed by atoms with E-state index in [0.29, 0.717) is 19.1 Å². The van der Waals surface area contributed by atoms with Crippen LogP contribution in [0.3, 0.4) is 0 Å². The van der Waals surface area contributed by atoms with Crippen molar-refractivity contribution in [2.75, 3.05) is 51.4 Å². The molecule has 1 heterocycles. The SMILES string of the molecule is CN=C(NCc1ccc(N2CCOCC2)cc1)NCC(C)COCc1ccccc1. The van der Waals surface area contributed by atoms with Crippen LogP contribution in [0.4, 0.5) is 5.69 Å². The van der Waals surface area contributed by atoms with Crippen LogP contribution in [0.1, 0.15) is 18.1 Å². The summed E-state index contributed by atoms with van der Waals surface area (Å²) in [5.74, 6) is 1.20. The fourth-order valence-corrected chi connectivity index (χ4v) is 3.33. The Morgan fingerprint density at radius 3 is 2.47 bits per heavy atom. The Balaban J connectivity index is 1.34. The van der Waals surface area contributed by atoms with Gasteiger partial charge in [0, 0.05) is 38.9 Å². The molecular weight excluding hydrogens is 376 g/mol. The lowest BCUT2D eigenvalue weighted by atomic mass is 10.2. The molecular formula is C24H34N4O2. The number of hydrogen-bond donors (Lipinski definition) is 2. The first-order valence-electron chi connectivity index (χ1n) is 10.7. The number of hydrogen-bond acceptors (Lipinski definition) is 4. The van der Waals surface area contributed by atoms with Crippen molar-refractivity contribution in [1.29, 1.82) is 0 Å². The molecule has 1 aliphatic heterocycles. The molecule has 0 aliphatic carbocycles. The molecule has 0 bridgehead atoms. The zero-order valence-corrected chi connectivity index (χ0v) is 18.1. The molecule has 0 aromatic heterocycles. The van der Waals surface area contributed by atoms with E-state index in [-0.39, 0.29) is 0 Å². The number of nitrogens with one attached hydrogen (secondary N) is 2. The summed E-state index contributed by atoms with van der Waals surface area (Å²) >= 11 is 0. The smallest absolute Gasteiger partial charge is 0.191 e. The van der Waals surface area contributed by atoms with Gasteiger partial charge in [0.2, 0.25) is 0 Å². The maximum Gasteiger partial charge on any atom is 0.191 e. The first-order valence-corrected chi connectivity index (χ1v) is 10.7. The number of benzene rings is 2. The summed E-state index contributed by atoms with van der Waals surface area (Å²) < 4.78 is 11.2. The minimum absolute atomic E-state index is 0.389. The number of guanidine groups is 1. The first kappa shape index (κ1) is 22.1. The van der Waals surface area contributed by atoms with Crippen molar-refractivity contribution >= 4 is 11.6 Å². The van der Waals surface area contributed by atoms with Gasteiger partial charge < -0.3 is 25.0 Å². The molecule has 162 valence electrons. The van der Waals surface area contributed by atoms with E-state index in [0.717, 1.165) is 45.4 Å². The molecule has 6 nitrogen and oxygen atoms in total. The highest BCUT2D eigenvalue weighted by Crippen LogP contribution is 2.16. The highest BCUT2D eigenvalue weighted by atomic mass is 16.5. The molecule has 1 aliphatic rings. The second-order valence-corrected chi connectivity index (χ2v) is 7.68. The molecule has 6 heteroatoms. The Hall–Kier alpha value is -2.57. The van der Waals surface area contributed by atoms with Crippen molar-refractivity contribution in [3.8, 4) is 0 Å². The van der Waals surface area contributed by atoms with E-state index in [1.807, 2.05) is 18.2 Å². The van der Waals surface area contributed by atoms with Crippen molar-refractivity contribution in [3.05, 3.63) is 65.7 Å². The first-order chi connectivity index (χ1) is 14.7. The van der Waals surface area contributed by atoms with Gasteiger partial charge >= 0.3 is 0 Å². The number of ether oxygens (including phenoxy) is 2. The van der Waals surface area contributed by atoms with Crippen LogP contribution in [-0.2, 0) is 22.6 Å². The molecule has 1 fully saturated rings. The van der Waals surface area contributed by atoms with Crippen molar-refractivity contribution in [1.82, 2.24) is 10.6 Å². The van der Waals surface area contributed by atoms with Crippen LogP contribution in [0, 0.1) is 5.92 Å². The summed E-state index contributed by atoms with van der Waals surface area (Å²) in [5.41, 5.74) is 3.69. The summed E-state index contributed by atoms with van der Waals surface area (Å²) in [6, 6.07) is 19.0. The monoisotopic (exact) mass is 410 g/mol. The van der Waals surface area contributed by atoms with E-state index in [9.17, 15) is 0 Å². The Labute approximate surface area is 180 Å². The van der Waals surface area contributed by atoms with E-state index in [1.165, 1.54) is 16.8 Å². The van der Waals surface area contributed by atoms with Crippen molar-refractivity contribution < 1.29 is 9.47 Å². The van der Waals surface area contributed by atoms with Crippen LogP contribution in [-0.4, -0.2) is 52.5 Å². The zero-order valence-electron chi connectivity index (χ0n) is 18.1.